The van der Waals surface area contributed by atoms with Crippen LogP contribution in [0.2, 0.25) is 0 Å². The zero-order chi connectivity index (χ0) is 12.7. The zero-order valence-corrected chi connectivity index (χ0v) is 10.3. The Balaban J connectivity index is 2.08. The van der Waals surface area contributed by atoms with Crippen LogP contribution in [-0.4, -0.2) is 35.5 Å². The number of nitrogens with one attached hydrogen (secondary N) is 2. The maximum absolute atomic E-state index is 11.5. The third-order valence-corrected chi connectivity index (χ3v) is 2.91. The summed E-state index contributed by atoms with van der Waals surface area (Å²) in [6, 6.07) is -0.480. The predicted molar refractivity (Wildman–Crippen MR) is 63.1 cm³/mol. The summed E-state index contributed by atoms with van der Waals surface area (Å²) in [7, 11) is 0. The van der Waals surface area contributed by atoms with Crippen molar-refractivity contribution in [2.24, 2.45) is 0 Å². The lowest BCUT2D eigenvalue weighted by Crippen LogP contribution is -2.41. The second kappa shape index (κ2) is 7.16. The van der Waals surface area contributed by atoms with Gasteiger partial charge in [-0.2, -0.15) is 0 Å². The van der Waals surface area contributed by atoms with Gasteiger partial charge in [-0.3, -0.25) is 14.4 Å². The first-order chi connectivity index (χ1) is 8.13. The molecule has 1 fully saturated rings. The molecule has 0 aromatic rings. The van der Waals surface area contributed by atoms with E-state index in [1.54, 1.807) is 6.92 Å². The first-order valence-corrected chi connectivity index (χ1v) is 6.33. The first kappa shape index (κ1) is 13.8. The fourth-order valence-corrected chi connectivity index (χ4v) is 2.00. The molecular weight excluding hydrogens is 244 g/mol. The van der Waals surface area contributed by atoms with Gasteiger partial charge in [0.2, 0.25) is 5.91 Å². The van der Waals surface area contributed by atoms with Gasteiger partial charge in [-0.05, 0) is 13.3 Å². The van der Waals surface area contributed by atoms with Crippen LogP contribution < -0.4 is 10.6 Å². The van der Waals surface area contributed by atoms with Gasteiger partial charge < -0.3 is 15.4 Å². The molecule has 0 bridgehead atoms. The Kier molecular flexibility index (Phi) is 5.82. The molecule has 0 unspecified atom stereocenters. The molecule has 7 heteroatoms. The number of carbonyl (C=O) groups excluding carboxylic acids is 3. The molecule has 1 aliphatic rings. The topological polar surface area (TPSA) is 84.5 Å². The smallest absolute Gasteiger partial charge is 0.305 e. The quantitative estimate of drug-likeness (QED) is 0.534. The third-order valence-electron chi connectivity index (χ3n) is 2.03. The normalized spacial score (nSPS) is 18.6. The lowest BCUT2D eigenvalue weighted by atomic mass is 10.3. The molecule has 0 aromatic carbocycles. The minimum absolute atomic E-state index is 0.184. The summed E-state index contributed by atoms with van der Waals surface area (Å²) >= 11 is 1.09. The lowest BCUT2D eigenvalue weighted by Gasteiger charge is -2.09. The number of hydrogen-bond donors (Lipinski definition) is 2. The molecule has 2 amide bonds. The number of amides is 2. The van der Waals surface area contributed by atoms with Crippen molar-refractivity contribution in [3.8, 4) is 0 Å². The molecule has 0 aromatic heterocycles. The Morgan fingerprint density at radius 2 is 2.41 bits per heavy atom. The summed E-state index contributed by atoms with van der Waals surface area (Å²) in [5.41, 5.74) is 0. The molecule has 6 nitrogen and oxygen atoms in total. The maximum Gasteiger partial charge on any atom is 0.305 e. The van der Waals surface area contributed by atoms with Crippen LogP contribution in [0.15, 0.2) is 0 Å². The average molecular weight is 259 g/mol. The summed E-state index contributed by atoms with van der Waals surface area (Å²) in [5.74, 6) is -0.106. The maximum atomic E-state index is 11.5. The number of ether oxygens (including phenoxy) is 1. The molecule has 1 heterocycles. The van der Waals surface area contributed by atoms with Gasteiger partial charge in [-0.25, -0.2) is 0 Å². The molecule has 2 N–H and O–H groups in total. The van der Waals surface area contributed by atoms with Crippen molar-refractivity contribution in [1.82, 2.24) is 10.6 Å². The van der Waals surface area contributed by atoms with E-state index in [1.807, 2.05) is 0 Å². The van der Waals surface area contributed by atoms with Gasteiger partial charge in [0.25, 0.3) is 5.24 Å². The van der Waals surface area contributed by atoms with Gasteiger partial charge >= 0.3 is 5.97 Å². The van der Waals surface area contributed by atoms with E-state index in [2.05, 4.69) is 10.6 Å². The summed E-state index contributed by atoms with van der Waals surface area (Å²) in [4.78, 5) is 33.3. The van der Waals surface area contributed by atoms with Crippen molar-refractivity contribution in [1.29, 1.82) is 0 Å². The van der Waals surface area contributed by atoms with Gasteiger partial charge in [0, 0.05) is 18.7 Å². The van der Waals surface area contributed by atoms with Gasteiger partial charge in [0.15, 0.2) is 0 Å². The summed E-state index contributed by atoms with van der Waals surface area (Å²) in [6.07, 6.45) is 0.651. The molecular formula is C10H15N2O4S. The highest BCUT2D eigenvalue weighted by atomic mass is 32.2. The minimum atomic E-state index is -0.480. The molecule has 1 atom stereocenters. The Bertz CT molecular complexity index is 309. The van der Waals surface area contributed by atoms with E-state index in [0.29, 0.717) is 18.8 Å². The van der Waals surface area contributed by atoms with Gasteiger partial charge in [-0.15, -0.1) is 0 Å². The lowest BCUT2D eigenvalue weighted by molar-refractivity contribution is -0.143. The van der Waals surface area contributed by atoms with E-state index < -0.39 is 6.04 Å². The molecule has 0 saturated carbocycles. The molecule has 0 spiro atoms. The fraction of sp³-hybridized carbons (Fsp3) is 0.600. The number of hydrogen-bond acceptors (Lipinski definition) is 5. The zero-order valence-electron chi connectivity index (χ0n) is 9.52. The van der Waals surface area contributed by atoms with Crippen LogP contribution in [0.5, 0.6) is 0 Å². The summed E-state index contributed by atoms with van der Waals surface area (Å²) in [6.45, 7) is 3.61. The summed E-state index contributed by atoms with van der Waals surface area (Å²) in [5, 5.41) is 4.88. The number of thioether (sulfide) groups is 1. The molecule has 0 aliphatic carbocycles. The van der Waals surface area contributed by atoms with Gasteiger partial charge in [-0.1, -0.05) is 11.8 Å². The van der Waals surface area contributed by atoms with E-state index in [9.17, 15) is 14.4 Å². The van der Waals surface area contributed by atoms with E-state index in [1.165, 1.54) is 6.54 Å². The van der Waals surface area contributed by atoms with Crippen LogP contribution in [0.4, 0.5) is 4.79 Å². The highest BCUT2D eigenvalue weighted by Gasteiger charge is 2.27. The van der Waals surface area contributed by atoms with Crippen molar-refractivity contribution in [3.05, 3.63) is 6.54 Å². The van der Waals surface area contributed by atoms with Crippen molar-refractivity contribution in [3.63, 3.8) is 0 Å². The number of esters is 1. The van der Waals surface area contributed by atoms with Gasteiger partial charge in [0.1, 0.15) is 6.04 Å². The monoisotopic (exact) mass is 259 g/mol. The molecule has 17 heavy (non-hydrogen) atoms. The minimum Gasteiger partial charge on any atom is -0.466 e. The van der Waals surface area contributed by atoms with E-state index in [0.717, 1.165) is 11.8 Å². The highest BCUT2D eigenvalue weighted by Crippen LogP contribution is 2.12. The molecule has 1 aliphatic heterocycles. The van der Waals surface area contributed by atoms with E-state index >= 15 is 0 Å². The van der Waals surface area contributed by atoms with Crippen LogP contribution in [0.3, 0.4) is 0 Å². The first-order valence-electron chi connectivity index (χ1n) is 5.34. The standard InChI is InChI=1S/C10H15N2O4S/c1-2-16-8(13)4-3-5-11-9(14)7-6-17-10(15)12-7/h5,7H,2-4,6H2,1H3,(H,11,14)(H,12,15)/t7-/m0/s1. The second-order valence-corrected chi connectivity index (χ2v) is 4.34. The largest absolute Gasteiger partial charge is 0.466 e. The SMILES string of the molecule is CCOC(=O)CC[CH]NC(=O)[C@@H]1CSC(=O)N1. The van der Waals surface area contributed by atoms with E-state index in [4.69, 9.17) is 4.74 Å². The Morgan fingerprint density at radius 1 is 1.65 bits per heavy atom. The van der Waals surface area contributed by atoms with Crippen molar-refractivity contribution in [2.45, 2.75) is 25.8 Å². The average Bonchev–Trinajstić information content (AvgIpc) is 2.71. The number of rotatable bonds is 6. The second-order valence-electron chi connectivity index (χ2n) is 3.35. The highest BCUT2D eigenvalue weighted by molar-refractivity contribution is 8.14. The van der Waals surface area contributed by atoms with E-state index in [-0.39, 0.29) is 23.5 Å². The Morgan fingerprint density at radius 3 is 3.00 bits per heavy atom. The molecule has 1 saturated heterocycles. The predicted octanol–water partition coefficient (Wildman–Crippen LogP) is 0.433. The number of carbonyl (C=O) groups is 3. The fourth-order valence-electron chi connectivity index (χ4n) is 1.22. The van der Waals surface area contributed by atoms with Crippen molar-refractivity contribution in [2.75, 3.05) is 12.4 Å². The van der Waals surface area contributed by atoms with Crippen LogP contribution in [0.1, 0.15) is 19.8 Å². The van der Waals surface area contributed by atoms with Crippen LogP contribution in [0, 0.1) is 6.54 Å². The third kappa shape index (κ3) is 5.08. The Labute approximate surface area is 104 Å². The van der Waals surface area contributed by atoms with Gasteiger partial charge in [0.05, 0.1) is 6.61 Å². The van der Waals surface area contributed by atoms with Crippen molar-refractivity contribution < 1.29 is 19.1 Å². The van der Waals surface area contributed by atoms with Crippen LogP contribution in [-0.2, 0) is 14.3 Å². The van der Waals surface area contributed by atoms with Crippen LogP contribution >= 0.6 is 11.8 Å². The summed E-state index contributed by atoms with van der Waals surface area (Å²) < 4.78 is 4.73. The Hall–Kier alpha value is -1.24. The molecule has 1 rings (SSSR count). The van der Waals surface area contributed by atoms with Crippen LogP contribution in [0.25, 0.3) is 0 Å². The molecule has 1 radical (unpaired) electrons. The molecule has 95 valence electrons. The van der Waals surface area contributed by atoms with Crippen molar-refractivity contribution >= 4 is 28.9 Å².